The number of halogens is 1. The van der Waals surface area contributed by atoms with Gasteiger partial charge in [0, 0.05) is 10.7 Å². The fraction of sp³-hybridized carbons (Fsp3) is 0.375. The standard InChI is InChI=1S/C16H17ClN2O2/c1-10-4-2-3-5-14(10)18-9-19-15(20)12-7-6-11(17)8-13(12)16(19)21/h2-6,12-13,18H,7-9H2,1H3/t12-,13-/m0/s1. The third-order valence-electron chi connectivity index (χ3n) is 4.23. The van der Waals surface area contributed by atoms with E-state index in [0.717, 1.165) is 11.3 Å². The Morgan fingerprint density at radius 2 is 1.95 bits per heavy atom. The van der Waals surface area contributed by atoms with Crippen LogP contribution in [0.4, 0.5) is 5.69 Å². The van der Waals surface area contributed by atoms with Gasteiger partial charge >= 0.3 is 0 Å². The molecular weight excluding hydrogens is 288 g/mol. The van der Waals surface area contributed by atoms with Gasteiger partial charge in [0.1, 0.15) is 0 Å². The third kappa shape index (κ3) is 2.56. The highest BCUT2D eigenvalue weighted by molar-refractivity contribution is 6.30. The van der Waals surface area contributed by atoms with E-state index in [1.54, 1.807) is 0 Å². The summed E-state index contributed by atoms with van der Waals surface area (Å²) in [5, 5.41) is 3.86. The van der Waals surface area contributed by atoms with Gasteiger partial charge in [-0.15, -0.1) is 0 Å². The number of imide groups is 1. The summed E-state index contributed by atoms with van der Waals surface area (Å²) < 4.78 is 0. The van der Waals surface area contributed by atoms with Crippen LogP contribution in [0.2, 0.25) is 0 Å². The lowest BCUT2D eigenvalue weighted by molar-refractivity contribution is -0.139. The molecule has 0 saturated carbocycles. The first kappa shape index (κ1) is 14.1. The molecule has 0 unspecified atom stereocenters. The van der Waals surface area contributed by atoms with Gasteiger partial charge in [0.2, 0.25) is 11.8 Å². The van der Waals surface area contributed by atoms with Crippen molar-refractivity contribution in [3.63, 3.8) is 0 Å². The van der Waals surface area contributed by atoms with E-state index < -0.39 is 0 Å². The van der Waals surface area contributed by atoms with E-state index in [-0.39, 0.29) is 30.3 Å². The number of benzene rings is 1. The van der Waals surface area contributed by atoms with Crippen LogP contribution in [0.25, 0.3) is 0 Å². The molecule has 1 aromatic rings. The summed E-state index contributed by atoms with van der Waals surface area (Å²) in [5.74, 6) is -0.726. The third-order valence-corrected chi connectivity index (χ3v) is 4.54. The molecule has 110 valence electrons. The summed E-state index contributed by atoms with van der Waals surface area (Å²) in [4.78, 5) is 26.1. The average Bonchev–Trinajstić information content (AvgIpc) is 2.70. The Balaban J connectivity index is 1.71. The minimum absolute atomic E-state index is 0.0912. The van der Waals surface area contributed by atoms with E-state index in [4.69, 9.17) is 11.6 Å². The van der Waals surface area contributed by atoms with Crippen LogP contribution in [0.5, 0.6) is 0 Å². The molecule has 2 aliphatic rings. The number of fused-ring (bicyclic) bond motifs is 1. The highest BCUT2D eigenvalue weighted by Gasteiger charge is 2.48. The molecule has 0 spiro atoms. The number of carbonyl (C=O) groups excluding carboxylic acids is 2. The number of nitrogens with one attached hydrogen (secondary N) is 1. The van der Waals surface area contributed by atoms with Crippen LogP contribution in [0, 0.1) is 18.8 Å². The van der Waals surface area contributed by atoms with Crippen molar-refractivity contribution in [1.82, 2.24) is 4.90 Å². The molecule has 0 radical (unpaired) electrons. The lowest BCUT2D eigenvalue weighted by atomic mass is 9.85. The molecule has 4 nitrogen and oxygen atoms in total. The Kier molecular flexibility index (Phi) is 3.72. The maximum Gasteiger partial charge on any atom is 0.234 e. The Hall–Kier alpha value is -1.81. The van der Waals surface area contributed by atoms with Crippen LogP contribution in [0.15, 0.2) is 35.4 Å². The SMILES string of the molecule is Cc1ccccc1NCN1C(=O)[C@H]2CC=C(Cl)C[C@@H]2C1=O. The van der Waals surface area contributed by atoms with Crippen LogP contribution in [-0.4, -0.2) is 23.4 Å². The summed E-state index contributed by atoms with van der Waals surface area (Å²) in [6.45, 7) is 2.20. The van der Waals surface area contributed by atoms with E-state index in [0.29, 0.717) is 17.9 Å². The van der Waals surface area contributed by atoms with Gasteiger partial charge in [-0.3, -0.25) is 14.5 Å². The summed E-state index contributed by atoms with van der Waals surface area (Å²) in [6.07, 6.45) is 2.90. The highest BCUT2D eigenvalue weighted by Crippen LogP contribution is 2.38. The van der Waals surface area contributed by atoms with Gasteiger partial charge in [0.15, 0.2) is 0 Å². The van der Waals surface area contributed by atoms with Crippen LogP contribution in [-0.2, 0) is 9.59 Å². The van der Waals surface area contributed by atoms with Gasteiger partial charge < -0.3 is 5.32 Å². The summed E-state index contributed by atoms with van der Waals surface area (Å²) in [5.41, 5.74) is 2.02. The zero-order valence-corrected chi connectivity index (χ0v) is 12.6. The molecule has 1 aromatic carbocycles. The van der Waals surface area contributed by atoms with Gasteiger partial charge in [-0.25, -0.2) is 0 Å². The number of allylic oxidation sites excluding steroid dienone is 2. The molecule has 3 rings (SSSR count). The number of hydrogen-bond donors (Lipinski definition) is 1. The lowest BCUT2D eigenvalue weighted by Gasteiger charge is -2.17. The second-order valence-electron chi connectivity index (χ2n) is 5.56. The fourth-order valence-electron chi connectivity index (χ4n) is 2.99. The van der Waals surface area contributed by atoms with Crippen molar-refractivity contribution in [2.75, 3.05) is 12.0 Å². The predicted molar refractivity (Wildman–Crippen MR) is 81.7 cm³/mol. The summed E-state index contributed by atoms with van der Waals surface area (Å²) in [7, 11) is 0. The number of likely N-dealkylation sites (tertiary alicyclic amines) is 1. The topological polar surface area (TPSA) is 49.4 Å². The van der Waals surface area contributed by atoms with Gasteiger partial charge in [-0.2, -0.15) is 0 Å². The zero-order valence-electron chi connectivity index (χ0n) is 11.8. The van der Waals surface area contributed by atoms with Gasteiger partial charge in [0.25, 0.3) is 0 Å². The molecule has 1 saturated heterocycles. The van der Waals surface area contributed by atoms with Crippen molar-refractivity contribution in [3.8, 4) is 0 Å². The smallest absolute Gasteiger partial charge is 0.234 e. The van der Waals surface area contributed by atoms with Crippen molar-refractivity contribution < 1.29 is 9.59 Å². The molecule has 5 heteroatoms. The molecule has 2 amide bonds. The maximum absolute atomic E-state index is 12.4. The molecule has 2 atom stereocenters. The summed E-state index contributed by atoms with van der Waals surface area (Å²) >= 11 is 6.00. The van der Waals surface area contributed by atoms with Gasteiger partial charge in [0.05, 0.1) is 18.5 Å². The van der Waals surface area contributed by atoms with Crippen LogP contribution in [0.1, 0.15) is 18.4 Å². The van der Waals surface area contributed by atoms with Crippen molar-refractivity contribution in [2.45, 2.75) is 19.8 Å². The molecule has 1 heterocycles. The Morgan fingerprint density at radius 1 is 1.24 bits per heavy atom. The molecule has 1 fully saturated rings. The van der Waals surface area contributed by atoms with E-state index in [2.05, 4.69) is 5.32 Å². The first-order chi connectivity index (χ1) is 10.1. The highest BCUT2D eigenvalue weighted by atomic mass is 35.5. The van der Waals surface area contributed by atoms with E-state index in [1.807, 2.05) is 37.3 Å². The van der Waals surface area contributed by atoms with E-state index in [1.165, 1.54) is 4.90 Å². The lowest BCUT2D eigenvalue weighted by Crippen LogP contribution is -2.35. The van der Waals surface area contributed by atoms with Crippen molar-refractivity contribution in [2.24, 2.45) is 11.8 Å². The maximum atomic E-state index is 12.4. The minimum Gasteiger partial charge on any atom is -0.367 e. The molecule has 1 aliphatic carbocycles. The first-order valence-corrected chi connectivity index (χ1v) is 7.45. The largest absolute Gasteiger partial charge is 0.367 e. The molecule has 1 N–H and O–H groups in total. The summed E-state index contributed by atoms with van der Waals surface area (Å²) in [6, 6.07) is 7.80. The quantitative estimate of drug-likeness (QED) is 0.874. The molecular formula is C16H17ClN2O2. The first-order valence-electron chi connectivity index (χ1n) is 7.07. The number of aryl methyl sites for hydroxylation is 1. The normalized spacial score (nSPS) is 24.9. The second kappa shape index (κ2) is 5.53. The van der Waals surface area contributed by atoms with Crippen molar-refractivity contribution >= 4 is 29.1 Å². The fourth-order valence-corrected chi connectivity index (χ4v) is 3.24. The van der Waals surface area contributed by atoms with Crippen LogP contribution in [0.3, 0.4) is 0 Å². The number of carbonyl (C=O) groups is 2. The van der Waals surface area contributed by atoms with Gasteiger partial charge in [-0.05, 0) is 31.4 Å². The number of amides is 2. The number of anilines is 1. The van der Waals surface area contributed by atoms with Crippen molar-refractivity contribution in [1.29, 1.82) is 0 Å². The number of hydrogen-bond acceptors (Lipinski definition) is 3. The molecule has 1 aliphatic heterocycles. The second-order valence-corrected chi connectivity index (χ2v) is 6.04. The molecule has 0 bridgehead atoms. The predicted octanol–water partition coefficient (Wildman–Crippen LogP) is 2.88. The van der Waals surface area contributed by atoms with Crippen LogP contribution < -0.4 is 5.32 Å². The van der Waals surface area contributed by atoms with Crippen molar-refractivity contribution in [3.05, 3.63) is 40.9 Å². The number of rotatable bonds is 3. The van der Waals surface area contributed by atoms with Crippen LogP contribution >= 0.6 is 11.6 Å². The minimum atomic E-state index is -0.284. The zero-order chi connectivity index (χ0) is 15.0. The van der Waals surface area contributed by atoms with E-state index in [9.17, 15) is 9.59 Å². The number of nitrogens with zero attached hydrogens (tertiary/aromatic N) is 1. The Labute approximate surface area is 128 Å². The Bertz CT molecular complexity index is 626. The van der Waals surface area contributed by atoms with E-state index >= 15 is 0 Å². The Morgan fingerprint density at radius 3 is 2.71 bits per heavy atom. The van der Waals surface area contributed by atoms with Gasteiger partial charge in [-0.1, -0.05) is 35.9 Å². The molecule has 21 heavy (non-hydrogen) atoms. The average molecular weight is 305 g/mol. The number of para-hydroxylation sites is 1. The monoisotopic (exact) mass is 304 g/mol. The molecule has 0 aromatic heterocycles.